The average molecular weight is 310 g/mol. The van der Waals surface area contributed by atoms with Crippen LogP contribution in [0.5, 0.6) is 5.75 Å². The van der Waals surface area contributed by atoms with E-state index in [1.165, 1.54) is 11.3 Å². The van der Waals surface area contributed by atoms with Gasteiger partial charge in [0.2, 0.25) is 5.91 Å². The summed E-state index contributed by atoms with van der Waals surface area (Å²) >= 11 is 0. The van der Waals surface area contributed by atoms with E-state index in [9.17, 15) is 4.79 Å². The van der Waals surface area contributed by atoms with Gasteiger partial charge in [0.05, 0.1) is 7.11 Å². The molecule has 4 nitrogen and oxygen atoms in total. The highest BCUT2D eigenvalue weighted by Gasteiger charge is 2.20. The van der Waals surface area contributed by atoms with Gasteiger partial charge in [0.25, 0.3) is 0 Å². The molecule has 0 aliphatic carbocycles. The van der Waals surface area contributed by atoms with E-state index in [2.05, 4.69) is 28.8 Å². The van der Waals surface area contributed by atoms with Gasteiger partial charge in [0.15, 0.2) is 0 Å². The number of carbonyl (C=O) groups excluding carboxylic acids is 1. The summed E-state index contributed by atoms with van der Waals surface area (Å²) in [4.78, 5) is 12.0. The van der Waals surface area contributed by atoms with Crippen LogP contribution in [-0.2, 0) is 11.2 Å². The van der Waals surface area contributed by atoms with Gasteiger partial charge < -0.3 is 15.4 Å². The van der Waals surface area contributed by atoms with Crippen molar-refractivity contribution in [2.24, 2.45) is 0 Å². The van der Waals surface area contributed by atoms with Crippen LogP contribution in [0.25, 0.3) is 0 Å². The van der Waals surface area contributed by atoms with Crippen molar-refractivity contribution in [1.29, 1.82) is 0 Å². The molecule has 1 aliphatic heterocycles. The summed E-state index contributed by atoms with van der Waals surface area (Å²) in [6, 6.07) is 14.4. The second-order valence-electron chi connectivity index (χ2n) is 5.80. The zero-order chi connectivity index (χ0) is 16.2. The highest BCUT2D eigenvalue weighted by atomic mass is 16.5. The van der Waals surface area contributed by atoms with Crippen molar-refractivity contribution in [1.82, 2.24) is 5.32 Å². The lowest BCUT2D eigenvalue weighted by molar-refractivity contribution is -0.120. The molecule has 4 heteroatoms. The number of rotatable bonds is 5. The van der Waals surface area contributed by atoms with Crippen molar-refractivity contribution in [2.45, 2.75) is 18.8 Å². The number of amides is 1. The van der Waals surface area contributed by atoms with Crippen molar-refractivity contribution in [2.75, 3.05) is 26.0 Å². The molecule has 0 radical (unpaired) electrons. The molecule has 1 heterocycles. The normalized spacial score (nSPS) is 13.8. The highest BCUT2D eigenvalue weighted by molar-refractivity contribution is 5.77. The lowest BCUT2D eigenvalue weighted by Crippen LogP contribution is -2.21. The standard InChI is InChI=1S/C19H22N2O2/c1-20-19(22)12-17(13-5-7-16(23-2)8-6-13)15-4-3-14-9-10-21-18(14)11-15/h3-8,11,17,21H,9-10,12H2,1-2H3,(H,20,22). The van der Waals surface area contributed by atoms with Crippen molar-refractivity contribution in [3.63, 3.8) is 0 Å². The number of ether oxygens (including phenoxy) is 1. The molecule has 0 spiro atoms. The van der Waals surface area contributed by atoms with Crippen molar-refractivity contribution in [3.8, 4) is 5.75 Å². The van der Waals surface area contributed by atoms with Crippen LogP contribution in [0, 0.1) is 0 Å². The van der Waals surface area contributed by atoms with Crippen LogP contribution in [0.3, 0.4) is 0 Å². The fourth-order valence-electron chi connectivity index (χ4n) is 3.08. The SMILES string of the molecule is CNC(=O)CC(c1ccc(OC)cc1)c1ccc2c(c1)NCC2. The first kappa shape index (κ1) is 15.4. The summed E-state index contributed by atoms with van der Waals surface area (Å²) < 4.78 is 5.23. The second kappa shape index (κ2) is 6.73. The van der Waals surface area contributed by atoms with Gasteiger partial charge in [0, 0.05) is 31.6 Å². The van der Waals surface area contributed by atoms with Gasteiger partial charge in [-0.25, -0.2) is 0 Å². The molecule has 120 valence electrons. The lowest BCUT2D eigenvalue weighted by atomic mass is 9.87. The third-order valence-corrected chi connectivity index (χ3v) is 4.43. The maximum Gasteiger partial charge on any atom is 0.220 e. The number of hydrogen-bond donors (Lipinski definition) is 2. The Morgan fingerprint density at radius 1 is 1.22 bits per heavy atom. The van der Waals surface area contributed by atoms with Crippen molar-refractivity contribution >= 4 is 11.6 Å². The number of nitrogens with one attached hydrogen (secondary N) is 2. The smallest absolute Gasteiger partial charge is 0.220 e. The van der Waals surface area contributed by atoms with E-state index < -0.39 is 0 Å². The van der Waals surface area contributed by atoms with Crippen LogP contribution in [0.1, 0.15) is 29.0 Å². The second-order valence-corrected chi connectivity index (χ2v) is 5.80. The zero-order valence-corrected chi connectivity index (χ0v) is 13.6. The van der Waals surface area contributed by atoms with E-state index >= 15 is 0 Å². The van der Waals surface area contributed by atoms with Crippen LogP contribution >= 0.6 is 0 Å². The molecule has 0 bridgehead atoms. The first-order chi connectivity index (χ1) is 11.2. The quantitative estimate of drug-likeness (QED) is 0.893. The van der Waals surface area contributed by atoms with E-state index in [4.69, 9.17) is 4.74 Å². The number of carbonyl (C=O) groups is 1. The number of hydrogen-bond acceptors (Lipinski definition) is 3. The van der Waals surface area contributed by atoms with E-state index in [0.29, 0.717) is 6.42 Å². The van der Waals surface area contributed by atoms with Crippen molar-refractivity contribution < 1.29 is 9.53 Å². The molecule has 23 heavy (non-hydrogen) atoms. The third-order valence-electron chi connectivity index (χ3n) is 4.43. The van der Waals surface area contributed by atoms with E-state index in [1.54, 1.807) is 14.2 Å². The molecule has 1 atom stereocenters. The minimum atomic E-state index is 0.0357. The monoisotopic (exact) mass is 310 g/mol. The molecule has 2 aromatic carbocycles. The van der Waals surface area contributed by atoms with Crippen LogP contribution in [0.2, 0.25) is 0 Å². The van der Waals surface area contributed by atoms with Gasteiger partial charge in [-0.3, -0.25) is 4.79 Å². The topological polar surface area (TPSA) is 50.4 Å². The summed E-state index contributed by atoms with van der Waals surface area (Å²) in [5, 5.41) is 6.14. The fourth-order valence-corrected chi connectivity index (χ4v) is 3.08. The Morgan fingerprint density at radius 2 is 1.96 bits per heavy atom. The van der Waals surface area contributed by atoms with Crippen LogP contribution in [-0.4, -0.2) is 26.6 Å². The van der Waals surface area contributed by atoms with Gasteiger partial charge in [-0.1, -0.05) is 24.3 Å². The predicted molar refractivity (Wildman–Crippen MR) is 92.2 cm³/mol. The largest absolute Gasteiger partial charge is 0.497 e. The molecule has 1 amide bonds. The molecular formula is C19H22N2O2. The predicted octanol–water partition coefficient (Wildman–Crippen LogP) is 2.93. The van der Waals surface area contributed by atoms with Crippen LogP contribution in [0.15, 0.2) is 42.5 Å². The number of methoxy groups -OCH3 is 1. The van der Waals surface area contributed by atoms with E-state index in [0.717, 1.165) is 29.8 Å². The maximum absolute atomic E-state index is 12.0. The highest BCUT2D eigenvalue weighted by Crippen LogP contribution is 2.33. The maximum atomic E-state index is 12.0. The van der Waals surface area contributed by atoms with Crippen LogP contribution in [0.4, 0.5) is 5.69 Å². The Bertz CT molecular complexity index is 695. The molecule has 1 unspecified atom stereocenters. The van der Waals surface area contributed by atoms with E-state index in [-0.39, 0.29) is 11.8 Å². The summed E-state index contributed by atoms with van der Waals surface area (Å²) in [5.41, 5.74) is 4.82. The summed E-state index contributed by atoms with van der Waals surface area (Å²) in [6.07, 6.45) is 1.50. The van der Waals surface area contributed by atoms with Crippen molar-refractivity contribution in [3.05, 3.63) is 59.2 Å². The molecule has 0 saturated heterocycles. The van der Waals surface area contributed by atoms with Gasteiger partial charge in [-0.05, 0) is 41.3 Å². The third kappa shape index (κ3) is 3.31. The van der Waals surface area contributed by atoms with E-state index in [1.807, 2.05) is 24.3 Å². The van der Waals surface area contributed by atoms with Crippen LogP contribution < -0.4 is 15.4 Å². The lowest BCUT2D eigenvalue weighted by Gasteiger charge is -2.19. The van der Waals surface area contributed by atoms with Gasteiger partial charge >= 0.3 is 0 Å². The molecule has 3 rings (SSSR count). The first-order valence-corrected chi connectivity index (χ1v) is 7.92. The Labute approximate surface area is 136 Å². The van der Waals surface area contributed by atoms with Gasteiger partial charge in [-0.2, -0.15) is 0 Å². The van der Waals surface area contributed by atoms with Gasteiger partial charge in [-0.15, -0.1) is 0 Å². The Morgan fingerprint density at radius 3 is 2.65 bits per heavy atom. The van der Waals surface area contributed by atoms with Gasteiger partial charge in [0.1, 0.15) is 5.75 Å². The number of anilines is 1. The summed E-state index contributed by atoms with van der Waals surface area (Å²) in [6.45, 7) is 0.988. The molecule has 2 N–H and O–H groups in total. The summed E-state index contributed by atoms with van der Waals surface area (Å²) in [7, 11) is 3.33. The molecular weight excluding hydrogens is 288 g/mol. The minimum absolute atomic E-state index is 0.0357. The Kier molecular flexibility index (Phi) is 4.51. The average Bonchev–Trinajstić information content (AvgIpc) is 3.07. The fraction of sp³-hybridized carbons (Fsp3) is 0.316. The number of fused-ring (bicyclic) bond motifs is 1. The zero-order valence-electron chi connectivity index (χ0n) is 13.6. The first-order valence-electron chi connectivity index (χ1n) is 7.92. The summed E-state index contributed by atoms with van der Waals surface area (Å²) in [5.74, 6) is 0.899. The Hall–Kier alpha value is -2.49. The molecule has 0 aromatic heterocycles. The molecule has 1 aliphatic rings. The molecule has 0 fully saturated rings. The minimum Gasteiger partial charge on any atom is -0.497 e. The number of benzene rings is 2. The Balaban J connectivity index is 1.95. The molecule has 2 aromatic rings. The molecule has 0 saturated carbocycles.